The van der Waals surface area contributed by atoms with Gasteiger partial charge in [-0.3, -0.25) is 9.59 Å². The van der Waals surface area contributed by atoms with Crippen molar-refractivity contribution in [3.63, 3.8) is 0 Å². The van der Waals surface area contributed by atoms with Crippen molar-refractivity contribution in [3.8, 4) is 0 Å². The summed E-state index contributed by atoms with van der Waals surface area (Å²) in [5.41, 5.74) is 3.61. The van der Waals surface area contributed by atoms with Crippen LogP contribution in [-0.4, -0.2) is 11.9 Å². The van der Waals surface area contributed by atoms with Crippen LogP contribution in [0.3, 0.4) is 0 Å². The normalized spacial score (nSPS) is 42.9. The highest BCUT2D eigenvalue weighted by molar-refractivity contribution is 6.07. The van der Waals surface area contributed by atoms with Crippen LogP contribution < -0.4 is 0 Å². The van der Waals surface area contributed by atoms with Gasteiger partial charge in [-0.05, 0) is 53.4 Å². The van der Waals surface area contributed by atoms with E-state index in [0.717, 1.165) is 19.3 Å². The van der Waals surface area contributed by atoms with Crippen LogP contribution in [0.15, 0.2) is 48.5 Å². The lowest BCUT2D eigenvalue weighted by Crippen LogP contribution is -2.61. The van der Waals surface area contributed by atoms with Crippen LogP contribution in [0.5, 0.6) is 0 Å². The fraction of sp³-hybridized carbons (Fsp3) is 0.391. The van der Waals surface area contributed by atoms with Crippen molar-refractivity contribution in [1.29, 1.82) is 0 Å². The first-order valence-corrected chi connectivity index (χ1v) is 9.66. The van der Waals surface area contributed by atoms with Crippen molar-refractivity contribution >= 4 is 11.9 Å². The molecule has 3 nitrogen and oxygen atoms in total. The summed E-state index contributed by atoms with van der Waals surface area (Å²) < 4.78 is 5.50. The summed E-state index contributed by atoms with van der Waals surface area (Å²) >= 11 is 0. The summed E-state index contributed by atoms with van der Waals surface area (Å²) in [6.07, 6.45) is 3.08. The number of carbonyl (C=O) groups excluding carboxylic acids is 2. The molecule has 4 unspecified atom stereocenters. The van der Waals surface area contributed by atoms with Crippen molar-refractivity contribution in [3.05, 3.63) is 70.8 Å². The molecule has 8 rings (SSSR count). The third-order valence-electron chi connectivity index (χ3n) is 8.41. The first-order chi connectivity index (χ1) is 12.7. The SMILES string of the molecule is O=C1OC(=O)C23C4CCC(C4)C12C1c2ccccc2C3c2ccccc21. The van der Waals surface area contributed by atoms with E-state index in [4.69, 9.17) is 4.74 Å². The van der Waals surface area contributed by atoms with Crippen LogP contribution in [-0.2, 0) is 14.3 Å². The molecule has 1 heterocycles. The lowest BCUT2D eigenvalue weighted by Gasteiger charge is -2.60. The van der Waals surface area contributed by atoms with E-state index in [-0.39, 0.29) is 35.6 Å². The summed E-state index contributed by atoms with van der Waals surface area (Å²) in [6, 6.07) is 16.9. The van der Waals surface area contributed by atoms with Gasteiger partial charge in [0.05, 0.1) is 10.8 Å². The molecule has 1 saturated heterocycles. The maximum absolute atomic E-state index is 13.4. The van der Waals surface area contributed by atoms with Gasteiger partial charge in [0, 0.05) is 11.8 Å². The van der Waals surface area contributed by atoms with E-state index in [0.29, 0.717) is 0 Å². The number of hydrogen-bond acceptors (Lipinski definition) is 3. The minimum Gasteiger partial charge on any atom is -0.392 e. The van der Waals surface area contributed by atoms with E-state index in [1.807, 2.05) is 0 Å². The Morgan fingerprint density at radius 2 is 1.08 bits per heavy atom. The molecule has 4 bridgehead atoms. The van der Waals surface area contributed by atoms with Crippen molar-refractivity contribution in [2.24, 2.45) is 22.7 Å². The largest absolute Gasteiger partial charge is 0.392 e. The van der Waals surface area contributed by atoms with Crippen LogP contribution in [0.1, 0.15) is 53.4 Å². The Labute approximate surface area is 151 Å². The molecule has 128 valence electrons. The van der Waals surface area contributed by atoms with E-state index >= 15 is 0 Å². The average Bonchev–Trinajstić information content (AvgIpc) is 3.34. The molecular weight excluding hydrogens is 324 g/mol. The Hall–Kier alpha value is -2.42. The lowest BCUT2D eigenvalue weighted by atomic mass is 9.38. The van der Waals surface area contributed by atoms with Gasteiger partial charge >= 0.3 is 11.9 Å². The van der Waals surface area contributed by atoms with Crippen LogP contribution in [0, 0.1) is 22.7 Å². The Morgan fingerprint density at radius 3 is 1.46 bits per heavy atom. The minimum atomic E-state index is -0.680. The van der Waals surface area contributed by atoms with Crippen LogP contribution in [0.4, 0.5) is 0 Å². The van der Waals surface area contributed by atoms with Gasteiger partial charge in [-0.1, -0.05) is 48.5 Å². The highest BCUT2D eigenvalue weighted by atomic mass is 16.6. The summed E-state index contributed by atoms with van der Waals surface area (Å²) in [6.45, 7) is 0. The molecular formula is C23H18O3. The number of carbonyl (C=O) groups is 2. The molecule has 2 saturated carbocycles. The number of esters is 2. The van der Waals surface area contributed by atoms with Gasteiger partial charge in [0.2, 0.25) is 0 Å². The third-order valence-corrected chi connectivity index (χ3v) is 8.41. The fourth-order valence-electron chi connectivity index (χ4n) is 7.98. The second kappa shape index (κ2) is 3.95. The summed E-state index contributed by atoms with van der Waals surface area (Å²) in [5, 5.41) is 0. The second-order valence-electron chi connectivity index (χ2n) is 8.75. The molecule has 5 aliphatic carbocycles. The van der Waals surface area contributed by atoms with E-state index in [1.54, 1.807) is 0 Å². The Morgan fingerprint density at radius 1 is 0.692 bits per heavy atom. The zero-order valence-electron chi connectivity index (χ0n) is 14.3. The number of ether oxygens (including phenoxy) is 1. The number of fused-ring (bicyclic) bond motifs is 2. The van der Waals surface area contributed by atoms with Gasteiger partial charge in [-0.2, -0.15) is 0 Å². The maximum Gasteiger partial charge on any atom is 0.322 e. The maximum atomic E-state index is 13.4. The smallest absolute Gasteiger partial charge is 0.322 e. The summed E-state index contributed by atoms with van der Waals surface area (Å²) in [5.74, 6) is -0.0490. The predicted molar refractivity (Wildman–Crippen MR) is 93.4 cm³/mol. The summed E-state index contributed by atoms with van der Waals surface area (Å²) in [7, 11) is 0. The van der Waals surface area contributed by atoms with Gasteiger partial charge in [0.25, 0.3) is 0 Å². The highest BCUT2D eigenvalue weighted by Crippen LogP contribution is 2.83. The number of hydrogen-bond donors (Lipinski definition) is 0. The van der Waals surface area contributed by atoms with Gasteiger partial charge in [-0.15, -0.1) is 0 Å². The van der Waals surface area contributed by atoms with E-state index in [9.17, 15) is 9.59 Å². The van der Waals surface area contributed by atoms with Crippen LogP contribution in [0.25, 0.3) is 0 Å². The highest BCUT2D eigenvalue weighted by Gasteiger charge is 2.87. The molecule has 6 aliphatic rings. The van der Waals surface area contributed by atoms with Crippen molar-refractivity contribution in [2.45, 2.75) is 31.1 Å². The quantitative estimate of drug-likeness (QED) is 0.541. The monoisotopic (exact) mass is 342 g/mol. The molecule has 26 heavy (non-hydrogen) atoms. The molecule has 3 fully saturated rings. The van der Waals surface area contributed by atoms with Crippen molar-refractivity contribution < 1.29 is 14.3 Å². The molecule has 0 aromatic heterocycles. The first kappa shape index (κ1) is 13.7. The summed E-state index contributed by atoms with van der Waals surface area (Å²) in [4.78, 5) is 26.7. The number of rotatable bonds is 0. The Balaban J connectivity index is 1.71. The standard InChI is InChI=1S/C23H18O3/c24-20-22-12-9-10-13(11-12)23(22,21(25)26-20)19-15-6-2-1-5-14(15)18(22)16-7-3-4-8-17(16)19/h1-8,12-13,18-19H,9-11H2. The molecule has 0 amide bonds. The molecule has 0 N–H and O–H groups in total. The lowest BCUT2D eigenvalue weighted by molar-refractivity contribution is -0.157. The molecule has 2 aromatic carbocycles. The Bertz CT molecular complexity index is 912. The van der Waals surface area contributed by atoms with Gasteiger partial charge in [0.1, 0.15) is 0 Å². The zero-order valence-corrected chi connectivity index (χ0v) is 14.3. The molecule has 3 heteroatoms. The minimum absolute atomic E-state index is 0.0471. The Kier molecular flexibility index (Phi) is 2.09. The van der Waals surface area contributed by atoms with Gasteiger partial charge in [0.15, 0.2) is 0 Å². The van der Waals surface area contributed by atoms with Crippen LogP contribution in [0.2, 0.25) is 0 Å². The van der Waals surface area contributed by atoms with E-state index in [2.05, 4.69) is 48.5 Å². The molecule has 0 radical (unpaired) electrons. The van der Waals surface area contributed by atoms with E-state index < -0.39 is 10.8 Å². The van der Waals surface area contributed by atoms with Gasteiger partial charge in [-0.25, -0.2) is 0 Å². The molecule has 4 atom stereocenters. The molecule has 1 aliphatic heterocycles. The third kappa shape index (κ3) is 1.04. The zero-order chi connectivity index (χ0) is 17.3. The second-order valence-corrected chi connectivity index (χ2v) is 8.75. The van der Waals surface area contributed by atoms with E-state index in [1.165, 1.54) is 22.3 Å². The fourth-order valence-corrected chi connectivity index (χ4v) is 7.98. The number of benzene rings is 2. The molecule has 0 spiro atoms. The topological polar surface area (TPSA) is 43.4 Å². The van der Waals surface area contributed by atoms with Crippen LogP contribution >= 0.6 is 0 Å². The van der Waals surface area contributed by atoms with Crippen molar-refractivity contribution in [2.75, 3.05) is 0 Å². The predicted octanol–water partition coefficient (Wildman–Crippen LogP) is 3.76. The van der Waals surface area contributed by atoms with Crippen molar-refractivity contribution in [1.82, 2.24) is 0 Å². The first-order valence-electron chi connectivity index (χ1n) is 9.66. The van der Waals surface area contributed by atoms with Gasteiger partial charge < -0.3 is 4.74 Å². The average molecular weight is 342 g/mol. The molecule has 2 aromatic rings. The number of cyclic esters (lactones) is 2.